The number of hydrogen-bond acceptors (Lipinski definition) is 6. The fourth-order valence-corrected chi connectivity index (χ4v) is 6.40. The molecule has 0 saturated carbocycles. The standard InChI is InChI=1S/2C15H15N2.2C9H5F3N3.2Pt/c2*1-15(2,3)10-6-7-13-12(9-10)11-5-4-8-16-14(11)17-13;2*10-9(11,12)8-5-7(14-15-8)6-3-1-2-4-13-6;;/h2*4-9H,1-3H3;2*1-5H;;/q4*-1;2*+2. The van der Waals surface area contributed by atoms with Crippen LogP contribution < -0.4 is 20.2 Å². The first-order valence-corrected chi connectivity index (χ1v) is 19.9. The van der Waals surface area contributed by atoms with Gasteiger partial charge in [-0.05, 0) is 90.9 Å². The minimum Gasteiger partial charge on any atom is -0.573 e. The zero-order valence-corrected chi connectivity index (χ0v) is 40.6. The van der Waals surface area contributed by atoms with Crippen molar-refractivity contribution in [2.24, 2.45) is 0 Å². The summed E-state index contributed by atoms with van der Waals surface area (Å²) >= 11 is 0. The Bertz CT molecular complexity index is 2910. The van der Waals surface area contributed by atoms with Crippen LogP contribution in [0.2, 0.25) is 0 Å². The second-order valence-corrected chi connectivity index (χ2v) is 16.6. The first-order valence-electron chi connectivity index (χ1n) is 19.9. The van der Waals surface area contributed by atoms with Crippen molar-refractivity contribution in [3.05, 3.63) is 156 Å². The van der Waals surface area contributed by atoms with Crippen molar-refractivity contribution in [3.63, 3.8) is 0 Å². The molecule has 10 aromatic rings. The van der Waals surface area contributed by atoms with E-state index in [1.807, 2.05) is 12.1 Å². The Kier molecular flexibility index (Phi) is 16.0. The molecule has 0 aliphatic heterocycles. The van der Waals surface area contributed by atoms with Gasteiger partial charge in [0.1, 0.15) is 11.4 Å². The average Bonchev–Trinajstić information content (AvgIpc) is 4.09. The molecule has 8 heterocycles. The Morgan fingerprint density at radius 1 is 0.409 bits per heavy atom. The van der Waals surface area contributed by atoms with Gasteiger partial charge >= 0.3 is 54.5 Å². The van der Waals surface area contributed by atoms with Crippen LogP contribution in [0.4, 0.5) is 26.3 Å². The van der Waals surface area contributed by atoms with Crippen LogP contribution in [0.25, 0.3) is 66.6 Å². The fraction of sp³-hybridized carbons (Fsp3) is 0.208. The molecule has 0 saturated heterocycles. The fourth-order valence-electron chi connectivity index (χ4n) is 6.40. The summed E-state index contributed by atoms with van der Waals surface area (Å²) in [6, 6.07) is 32.7. The van der Waals surface area contributed by atoms with Crippen LogP contribution >= 0.6 is 0 Å². The van der Waals surface area contributed by atoms with Crippen molar-refractivity contribution in [3.8, 4) is 22.8 Å². The molecule has 0 aliphatic carbocycles. The molecule has 344 valence electrons. The van der Waals surface area contributed by atoms with Crippen molar-refractivity contribution < 1.29 is 68.5 Å². The SMILES string of the molecule is CC(C)(C)c1ccc2[n-]c3ncccc3c2c1.CC(C)(C)c1ccc2[n-]c3ncccc3c2c1.FC(F)(F)c1cc(-c2ccccn2)[n-]n1.FC(F)(F)c1cc(-c2ccccn2)[n-]n1.[Pt+2].[Pt+2]. The summed E-state index contributed by atoms with van der Waals surface area (Å²) in [5.41, 5.74) is 5.77. The Labute approximate surface area is 404 Å². The molecule has 0 radical (unpaired) electrons. The smallest absolute Gasteiger partial charge is 0.573 e. The van der Waals surface area contributed by atoms with E-state index in [1.54, 1.807) is 48.8 Å². The molecular weight excluding hydrogens is 1220 g/mol. The second kappa shape index (κ2) is 20.7. The van der Waals surface area contributed by atoms with Crippen LogP contribution in [0.3, 0.4) is 0 Å². The van der Waals surface area contributed by atoms with E-state index in [-0.39, 0.29) is 64.3 Å². The first kappa shape index (κ1) is 51.0. The molecule has 0 unspecified atom stereocenters. The monoisotopic (exact) mass is 1260 g/mol. The number of pyridine rings is 4. The van der Waals surface area contributed by atoms with Crippen molar-refractivity contribution in [1.29, 1.82) is 0 Å². The van der Waals surface area contributed by atoms with Crippen molar-refractivity contribution in [1.82, 2.24) is 50.3 Å². The number of fused-ring (bicyclic) bond motifs is 6. The van der Waals surface area contributed by atoms with Gasteiger partial charge in [0.05, 0.1) is 0 Å². The molecule has 0 spiro atoms. The van der Waals surface area contributed by atoms with E-state index in [9.17, 15) is 26.3 Å². The maximum atomic E-state index is 12.2. The number of nitrogens with zero attached hydrogens (tertiary/aromatic N) is 10. The summed E-state index contributed by atoms with van der Waals surface area (Å²) < 4.78 is 73.2. The third-order valence-electron chi connectivity index (χ3n) is 9.84. The summed E-state index contributed by atoms with van der Waals surface area (Å²) in [5.74, 6) is 0. The molecule has 0 fully saturated rings. The minimum atomic E-state index is -4.46. The third-order valence-corrected chi connectivity index (χ3v) is 9.84. The Hall–Kier alpha value is -5.98. The predicted molar refractivity (Wildman–Crippen MR) is 234 cm³/mol. The summed E-state index contributed by atoms with van der Waals surface area (Å²) in [5, 5.41) is 17.6. The Morgan fingerprint density at radius 3 is 1.11 bits per heavy atom. The van der Waals surface area contributed by atoms with Gasteiger partial charge in [-0.15, -0.1) is 0 Å². The maximum Gasteiger partial charge on any atom is 2.00 e. The molecule has 66 heavy (non-hydrogen) atoms. The number of rotatable bonds is 2. The predicted octanol–water partition coefficient (Wildman–Crippen LogP) is 11.5. The summed E-state index contributed by atoms with van der Waals surface area (Å²) in [4.78, 5) is 25.4. The van der Waals surface area contributed by atoms with Gasteiger partial charge in [0.2, 0.25) is 0 Å². The van der Waals surface area contributed by atoms with E-state index in [2.05, 4.69) is 140 Å². The van der Waals surface area contributed by atoms with Gasteiger partial charge in [-0.3, -0.25) is 9.97 Å². The van der Waals surface area contributed by atoms with Gasteiger partial charge in [0, 0.05) is 23.8 Å². The van der Waals surface area contributed by atoms with Gasteiger partial charge in [-0.2, -0.15) is 26.3 Å². The maximum absolute atomic E-state index is 12.2. The largest absolute Gasteiger partial charge is 2.00 e. The van der Waals surface area contributed by atoms with E-state index in [4.69, 9.17) is 0 Å². The number of halogens is 6. The molecule has 10 rings (SSSR count). The Morgan fingerprint density at radius 2 is 0.788 bits per heavy atom. The summed E-state index contributed by atoms with van der Waals surface area (Å²) in [6.45, 7) is 13.4. The quantitative estimate of drug-likeness (QED) is 0.154. The zero-order valence-electron chi connectivity index (χ0n) is 36.1. The Balaban J connectivity index is 0.000000164. The normalized spacial score (nSPS) is 11.7. The third kappa shape index (κ3) is 12.3. The summed E-state index contributed by atoms with van der Waals surface area (Å²) in [7, 11) is 0. The van der Waals surface area contributed by atoms with Crippen molar-refractivity contribution in [2.75, 3.05) is 0 Å². The van der Waals surface area contributed by atoms with Crippen LogP contribution in [-0.4, -0.2) is 30.1 Å². The van der Waals surface area contributed by atoms with E-state index in [0.29, 0.717) is 11.4 Å². The van der Waals surface area contributed by atoms with Gasteiger partial charge in [0.15, 0.2) is 0 Å². The first-order chi connectivity index (χ1) is 30.3. The molecule has 0 bridgehead atoms. The number of benzene rings is 2. The second-order valence-electron chi connectivity index (χ2n) is 16.6. The van der Waals surface area contributed by atoms with Crippen LogP contribution in [0.5, 0.6) is 0 Å². The minimum absolute atomic E-state index is 0. The van der Waals surface area contributed by atoms with Crippen LogP contribution in [0, 0.1) is 0 Å². The molecule has 18 heteroatoms. The zero-order chi connectivity index (χ0) is 45.9. The van der Waals surface area contributed by atoms with Gasteiger partial charge in [-0.25, -0.2) is 0 Å². The molecule has 0 atom stereocenters. The van der Waals surface area contributed by atoms with Crippen LogP contribution in [0.15, 0.2) is 134 Å². The average molecular weight is 1260 g/mol. The number of hydrogen-bond donors (Lipinski definition) is 0. The van der Waals surface area contributed by atoms with E-state index in [0.717, 1.165) is 45.2 Å². The van der Waals surface area contributed by atoms with Crippen molar-refractivity contribution >= 4 is 43.9 Å². The van der Waals surface area contributed by atoms with E-state index in [1.165, 1.54) is 34.3 Å². The van der Waals surface area contributed by atoms with Crippen molar-refractivity contribution in [2.45, 2.75) is 64.7 Å². The van der Waals surface area contributed by atoms with E-state index >= 15 is 0 Å². The molecular formula is C48H40F6N10Pt2. The molecule has 0 amide bonds. The van der Waals surface area contributed by atoms with Gasteiger partial charge < -0.3 is 40.3 Å². The molecule has 8 aromatic heterocycles. The van der Waals surface area contributed by atoms with Crippen LogP contribution in [0.1, 0.15) is 64.1 Å². The topological polar surface area (TPSA) is 134 Å². The van der Waals surface area contributed by atoms with E-state index < -0.39 is 23.7 Å². The van der Waals surface area contributed by atoms with Gasteiger partial charge in [0.25, 0.3) is 0 Å². The summed E-state index contributed by atoms with van der Waals surface area (Å²) in [6.07, 6.45) is -2.37. The van der Waals surface area contributed by atoms with Crippen LogP contribution in [-0.2, 0) is 65.3 Å². The molecule has 0 aliphatic rings. The molecule has 10 nitrogen and oxygen atoms in total. The number of aromatic nitrogens is 10. The molecule has 0 N–H and O–H groups in total. The number of alkyl halides is 6. The van der Waals surface area contributed by atoms with Gasteiger partial charge in [-0.1, -0.05) is 149 Å². The molecule has 2 aromatic carbocycles.